The van der Waals surface area contributed by atoms with E-state index in [4.69, 9.17) is 22.1 Å². The molecule has 0 spiro atoms. The van der Waals surface area contributed by atoms with Crippen molar-refractivity contribution in [3.05, 3.63) is 65.7 Å². The molecule has 2 aromatic rings. The number of hydrogen-bond acceptors (Lipinski definition) is 4. The van der Waals surface area contributed by atoms with E-state index < -0.39 is 0 Å². The molecule has 132 valence electrons. The Morgan fingerprint density at radius 2 is 1.80 bits per heavy atom. The zero-order valence-electron chi connectivity index (χ0n) is 13.9. The highest BCUT2D eigenvalue weighted by Gasteiger charge is 2.07. The molecule has 0 saturated carbocycles. The molecule has 2 rings (SSSR count). The Morgan fingerprint density at radius 3 is 2.48 bits per heavy atom. The standard InChI is InChI=1S/C19H22N2O3S/c22-13-4-12-20-19(25)21-18(23)16-7-9-17(10-8-16)24-14-11-15-5-2-1-3-6-15/h1-3,5-10,22H,4,11-14H2,(H2,20,21,23,25). The van der Waals surface area contributed by atoms with Gasteiger partial charge in [-0.1, -0.05) is 30.3 Å². The summed E-state index contributed by atoms with van der Waals surface area (Å²) in [5.41, 5.74) is 1.72. The largest absolute Gasteiger partial charge is 0.493 e. The van der Waals surface area contributed by atoms with Gasteiger partial charge in [0.05, 0.1) is 6.61 Å². The summed E-state index contributed by atoms with van der Waals surface area (Å²) in [7, 11) is 0. The lowest BCUT2D eigenvalue weighted by molar-refractivity contribution is 0.0976. The molecule has 0 atom stereocenters. The molecule has 6 heteroatoms. The van der Waals surface area contributed by atoms with Gasteiger partial charge < -0.3 is 15.2 Å². The van der Waals surface area contributed by atoms with Crippen LogP contribution in [0.2, 0.25) is 0 Å². The minimum Gasteiger partial charge on any atom is -0.493 e. The molecule has 3 N–H and O–H groups in total. The Balaban J connectivity index is 1.76. The maximum atomic E-state index is 12.1. The number of nitrogens with one attached hydrogen (secondary N) is 2. The minimum absolute atomic E-state index is 0.0787. The summed E-state index contributed by atoms with van der Waals surface area (Å²) in [6.07, 6.45) is 1.40. The van der Waals surface area contributed by atoms with Crippen LogP contribution in [0.5, 0.6) is 5.75 Å². The van der Waals surface area contributed by atoms with Crippen LogP contribution in [0.3, 0.4) is 0 Å². The molecule has 0 aliphatic heterocycles. The van der Waals surface area contributed by atoms with Crippen LogP contribution in [-0.2, 0) is 6.42 Å². The van der Waals surface area contributed by atoms with Crippen LogP contribution in [0.25, 0.3) is 0 Å². The predicted molar refractivity (Wildman–Crippen MR) is 102 cm³/mol. The Morgan fingerprint density at radius 1 is 1.08 bits per heavy atom. The fourth-order valence-corrected chi connectivity index (χ4v) is 2.33. The van der Waals surface area contributed by atoms with Crippen molar-refractivity contribution in [2.75, 3.05) is 19.8 Å². The summed E-state index contributed by atoms with van der Waals surface area (Å²) in [5, 5.41) is 14.4. The van der Waals surface area contributed by atoms with E-state index in [0.717, 1.165) is 12.2 Å². The average Bonchev–Trinajstić information content (AvgIpc) is 2.63. The monoisotopic (exact) mass is 358 g/mol. The van der Waals surface area contributed by atoms with E-state index in [1.54, 1.807) is 24.3 Å². The van der Waals surface area contributed by atoms with Gasteiger partial charge in [-0.05, 0) is 48.5 Å². The number of hydrogen-bond donors (Lipinski definition) is 3. The molecule has 2 aromatic carbocycles. The second kappa shape index (κ2) is 10.4. The number of rotatable bonds is 8. The molecule has 25 heavy (non-hydrogen) atoms. The van der Waals surface area contributed by atoms with E-state index in [1.165, 1.54) is 5.56 Å². The third-order valence-corrected chi connectivity index (χ3v) is 3.71. The Kier molecular flexibility index (Phi) is 7.88. The third kappa shape index (κ3) is 6.91. The first-order valence-corrected chi connectivity index (χ1v) is 8.56. The summed E-state index contributed by atoms with van der Waals surface area (Å²) < 4.78 is 5.70. The normalized spacial score (nSPS) is 10.1. The molecule has 0 fully saturated rings. The lowest BCUT2D eigenvalue weighted by Gasteiger charge is -2.10. The van der Waals surface area contributed by atoms with E-state index in [9.17, 15) is 4.79 Å². The molecule has 0 aliphatic rings. The van der Waals surface area contributed by atoms with Crippen LogP contribution in [0.1, 0.15) is 22.3 Å². The summed E-state index contributed by atoms with van der Waals surface area (Å²) in [6.45, 7) is 1.17. The molecular formula is C19H22N2O3S. The van der Waals surface area contributed by atoms with Crippen LogP contribution in [-0.4, -0.2) is 35.9 Å². The van der Waals surface area contributed by atoms with Gasteiger partial charge in [0.25, 0.3) is 5.91 Å². The first-order valence-electron chi connectivity index (χ1n) is 8.16. The SMILES string of the molecule is O=C(NC(=S)NCCCO)c1ccc(OCCc2ccccc2)cc1. The van der Waals surface area contributed by atoms with Crippen LogP contribution in [0.4, 0.5) is 0 Å². The second-order valence-electron chi connectivity index (χ2n) is 5.40. The number of thiocarbonyl (C=S) groups is 1. The van der Waals surface area contributed by atoms with Crippen molar-refractivity contribution in [2.45, 2.75) is 12.8 Å². The molecule has 0 saturated heterocycles. The van der Waals surface area contributed by atoms with Gasteiger partial charge in [0, 0.05) is 25.1 Å². The predicted octanol–water partition coefficient (Wildman–Crippen LogP) is 2.29. The Hall–Kier alpha value is -2.44. The molecule has 5 nitrogen and oxygen atoms in total. The summed E-state index contributed by atoms with van der Waals surface area (Å²) in [6, 6.07) is 17.1. The highest BCUT2D eigenvalue weighted by Crippen LogP contribution is 2.13. The number of amides is 1. The van der Waals surface area contributed by atoms with Gasteiger partial charge >= 0.3 is 0 Å². The fraction of sp³-hybridized carbons (Fsp3) is 0.263. The topological polar surface area (TPSA) is 70.6 Å². The molecule has 0 aliphatic carbocycles. The number of aliphatic hydroxyl groups is 1. The van der Waals surface area contributed by atoms with Crippen molar-refractivity contribution >= 4 is 23.2 Å². The number of benzene rings is 2. The van der Waals surface area contributed by atoms with E-state index in [0.29, 0.717) is 25.1 Å². The smallest absolute Gasteiger partial charge is 0.257 e. The summed E-state index contributed by atoms with van der Waals surface area (Å²) in [5.74, 6) is 0.438. The van der Waals surface area contributed by atoms with Gasteiger partial charge in [-0.15, -0.1) is 0 Å². The van der Waals surface area contributed by atoms with Gasteiger partial charge in [-0.2, -0.15) is 0 Å². The number of aliphatic hydroxyl groups excluding tert-OH is 1. The van der Waals surface area contributed by atoms with E-state index in [1.807, 2.05) is 18.2 Å². The summed E-state index contributed by atoms with van der Waals surface area (Å²) in [4.78, 5) is 12.1. The van der Waals surface area contributed by atoms with E-state index in [-0.39, 0.29) is 17.6 Å². The molecule has 1 amide bonds. The van der Waals surface area contributed by atoms with Crippen molar-refractivity contribution in [3.8, 4) is 5.75 Å². The Labute approximate surface area is 153 Å². The van der Waals surface area contributed by atoms with Crippen molar-refractivity contribution < 1.29 is 14.6 Å². The average molecular weight is 358 g/mol. The quantitative estimate of drug-likeness (QED) is 0.499. The number of ether oxygens (including phenoxy) is 1. The van der Waals surface area contributed by atoms with Crippen LogP contribution in [0.15, 0.2) is 54.6 Å². The molecule has 0 heterocycles. The number of carbonyl (C=O) groups is 1. The van der Waals surface area contributed by atoms with Crippen LogP contribution < -0.4 is 15.4 Å². The molecular weight excluding hydrogens is 336 g/mol. The van der Waals surface area contributed by atoms with Gasteiger partial charge in [0.1, 0.15) is 5.75 Å². The minimum atomic E-state index is -0.280. The van der Waals surface area contributed by atoms with Gasteiger partial charge in [0.15, 0.2) is 5.11 Å². The lowest BCUT2D eigenvalue weighted by atomic mass is 10.2. The third-order valence-electron chi connectivity index (χ3n) is 3.47. The molecule has 0 bridgehead atoms. The molecule has 0 radical (unpaired) electrons. The molecule has 0 aromatic heterocycles. The maximum Gasteiger partial charge on any atom is 0.257 e. The second-order valence-corrected chi connectivity index (χ2v) is 5.80. The van der Waals surface area contributed by atoms with Gasteiger partial charge in [-0.25, -0.2) is 0 Å². The van der Waals surface area contributed by atoms with Crippen LogP contribution >= 0.6 is 12.2 Å². The van der Waals surface area contributed by atoms with E-state index >= 15 is 0 Å². The highest BCUT2D eigenvalue weighted by atomic mass is 32.1. The lowest BCUT2D eigenvalue weighted by Crippen LogP contribution is -2.39. The fourth-order valence-electron chi connectivity index (χ4n) is 2.13. The Bertz CT molecular complexity index is 675. The van der Waals surface area contributed by atoms with Crippen LogP contribution in [0, 0.1) is 0 Å². The van der Waals surface area contributed by atoms with Crippen molar-refractivity contribution in [1.82, 2.24) is 10.6 Å². The van der Waals surface area contributed by atoms with Crippen molar-refractivity contribution in [2.24, 2.45) is 0 Å². The zero-order chi connectivity index (χ0) is 17.9. The van der Waals surface area contributed by atoms with E-state index in [2.05, 4.69) is 22.8 Å². The first-order chi connectivity index (χ1) is 12.2. The zero-order valence-corrected chi connectivity index (χ0v) is 14.7. The van der Waals surface area contributed by atoms with Crippen molar-refractivity contribution in [1.29, 1.82) is 0 Å². The maximum absolute atomic E-state index is 12.1. The highest BCUT2D eigenvalue weighted by molar-refractivity contribution is 7.80. The van der Waals surface area contributed by atoms with Crippen molar-refractivity contribution in [3.63, 3.8) is 0 Å². The molecule has 0 unspecified atom stereocenters. The number of carbonyl (C=O) groups excluding carboxylic acids is 1. The first kappa shape index (κ1) is 18.9. The van der Waals surface area contributed by atoms with Gasteiger partial charge in [0.2, 0.25) is 0 Å². The summed E-state index contributed by atoms with van der Waals surface area (Å²) >= 11 is 5.02. The van der Waals surface area contributed by atoms with Gasteiger partial charge in [-0.3, -0.25) is 10.1 Å².